The zero-order chi connectivity index (χ0) is 14.1. The van der Waals surface area contributed by atoms with E-state index in [0.29, 0.717) is 18.5 Å². The minimum atomic E-state index is -0.886. The lowest BCUT2D eigenvalue weighted by Gasteiger charge is -2.05. The molecule has 0 fully saturated rings. The molecule has 5 heteroatoms. The van der Waals surface area contributed by atoms with Crippen molar-refractivity contribution in [2.45, 2.75) is 31.9 Å². The van der Waals surface area contributed by atoms with E-state index in [2.05, 4.69) is 10.9 Å². The number of nitrogens with zero attached hydrogens (tertiary/aromatic N) is 1. The molecule has 4 N–H and O–H groups in total. The fourth-order valence-electron chi connectivity index (χ4n) is 1.64. The number of unbranched alkanes of at least 4 members (excludes halogenated alkanes) is 2. The second-order valence-electron chi connectivity index (χ2n) is 4.40. The van der Waals surface area contributed by atoms with E-state index in [1.54, 1.807) is 24.3 Å². The van der Waals surface area contributed by atoms with Crippen LogP contribution in [0.3, 0.4) is 0 Å². The number of rotatable bonds is 7. The van der Waals surface area contributed by atoms with Gasteiger partial charge in [0.2, 0.25) is 0 Å². The van der Waals surface area contributed by atoms with Gasteiger partial charge in [-0.1, -0.05) is 18.6 Å². The molecule has 0 aromatic rings. The molecule has 0 spiro atoms. The Balaban J connectivity index is 2.43. The van der Waals surface area contributed by atoms with Crippen molar-refractivity contribution in [2.75, 3.05) is 6.54 Å². The lowest BCUT2D eigenvalue weighted by Crippen LogP contribution is -2.09. The van der Waals surface area contributed by atoms with Gasteiger partial charge in [0.1, 0.15) is 0 Å². The third-order valence-corrected chi connectivity index (χ3v) is 2.76. The maximum absolute atomic E-state index is 10.7. The summed E-state index contributed by atoms with van der Waals surface area (Å²) in [5.74, 6) is 1.25. The van der Waals surface area contributed by atoms with Crippen LogP contribution < -0.4 is 5.73 Å². The molecule has 1 aliphatic carbocycles. The minimum absolute atomic E-state index is 0.589. The zero-order valence-electron chi connectivity index (χ0n) is 10.8. The predicted molar refractivity (Wildman–Crippen MR) is 73.9 cm³/mol. The molecule has 0 saturated carbocycles. The highest BCUT2D eigenvalue weighted by Gasteiger charge is 2.12. The number of carboxylic acid groups (broad SMARTS) is 1. The van der Waals surface area contributed by atoms with E-state index in [-0.39, 0.29) is 0 Å². The first kappa shape index (κ1) is 15.4. The molecule has 19 heavy (non-hydrogen) atoms. The van der Waals surface area contributed by atoms with Crippen LogP contribution in [-0.4, -0.2) is 34.8 Å². The average molecular weight is 264 g/mol. The van der Waals surface area contributed by atoms with Gasteiger partial charge in [-0.2, -0.15) is 0 Å². The molecule has 0 radical (unpaired) electrons. The lowest BCUT2D eigenvalue weighted by molar-refractivity contribution is -0.138. The Kier molecular flexibility index (Phi) is 6.82. The van der Waals surface area contributed by atoms with Gasteiger partial charge in [-0.15, -0.1) is 0 Å². The third kappa shape index (κ3) is 6.15. The quantitative estimate of drug-likeness (QED) is 0.476. The van der Waals surface area contributed by atoms with Crippen LogP contribution >= 0.6 is 0 Å². The molecule has 1 aliphatic rings. The van der Waals surface area contributed by atoms with Crippen LogP contribution in [0, 0.1) is 5.92 Å². The molecule has 0 bridgehead atoms. The maximum atomic E-state index is 10.7. The normalized spacial score (nSPS) is 19.1. The SMILES string of the molecule is NCCCCCC(O)N=C=C1C=CC(C(=O)O)C=C1. The van der Waals surface area contributed by atoms with E-state index < -0.39 is 18.1 Å². The summed E-state index contributed by atoms with van der Waals surface area (Å²) in [6.45, 7) is 0.670. The molecule has 1 unspecified atom stereocenters. The number of hydrogen-bond donors (Lipinski definition) is 3. The van der Waals surface area contributed by atoms with E-state index in [1.807, 2.05) is 0 Å². The Morgan fingerprint density at radius 1 is 1.37 bits per heavy atom. The summed E-state index contributed by atoms with van der Waals surface area (Å²) in [6, 6.07) is 0. The van der Waals surface area contributed by atoms with E-state index in [0.717, 1.165) is 19.3 Å². The van der Waals surface area contributed by atoms with Gasteiger partial charge >= 0.3 is 5.97 Å². The van der Waals surface area contributed by atoms with Gasteiger partial charge in [-0.05, 0) is 43.8 Å². The van der Waals surface area contributed by atoms with E-state index in [4.69, 9.17) is 10.8 Å². The van der Waals surface area contributed by atoms with Crippen molar-refractivity contribution in [3.8, 4) is 0 Å². The van der Waals surface area contributed by atoms with Crippen LogP contribution in [0.15, 0.2) is 34.9 Å². The van der Waals surface area contributed by atoms with Crippen molar-refractivity contribution in [3.63, 3.8) is 0 Å². The summed E-state index contributed by atoms with van der Waals surface area (Å²) < 4.78 is 0. The summed E-state index contributed by atoms with van der Waals surface area (Å²) in [6.07, 6.45) is 9.06. The molecule has 1 atom stereocenters. The Morgan fingerprint density at radius 2 is 2.05 bits per heavy atom. The van der Waals surface area contributed by atoms with E-state index in [9.17, 15) is 9.90 Å². The Morgan fingerprint density at radius 3 is 2.63 bits per heavy atom. The number of aliphatic hydroxyl groups excluding tert-OH is 1. The van der Waals surface area contributed by atoms with Crippen LogP contribution in [-0.2, 0) is 4.79 Å². The number of aliphatic hydroxyl groups is 1. The van der Waals surface area contributed by atoms with Crippen LogP contribution in [0.2, 0.25) is 0 Å². The number of carboxylic acids is 1. The van der Waals surface area contributed by atoms with Gasteiger partial charge < -0.3 is 15.9 Å². The van der Waals surface area contributed by atoms with Gasteiger partial charge in [0.05, 0.1) is 5.92 Å². The molecule has 5 nitrogen and oxygen atoms in total. The zero-order valence-corrected chi connectivity index (χ0v) is 10.8. The Labute approximate surface area is 112 Å². The third-order valence-electron chi connectivity index (χ3n) is 2.76. The molecule has 0 aromatic heterocycles. The van der Waals surface area contributed by atoms with E-state index >= 15 is 0 Å². The monoisotopic (exact) mass is 264 g/mol. The van der Waals surface area contributed by atoms with Crippen molar-refractivity contribution < 1.29 is 15.0 Å². The number of aliphatic imine (C=N–C) groups is 1. The van der Waals surface area contributed by atoms with Crippen molar-refractivity contribution in [1.82, 2.24) is 0 Å². The van der Waals surface area contributed by atoms with Gasteiger partial charge in [-0.25, -0.2) is 4.99 Å². The highest BCUT2D eigenvalue weighted by Crippen LogP contribution is 2.12. The maximum Gasteiger partial charge on any atom is 0.314 e. The Hall–Kier alpha value is -1.68. The number of carbonyl (C=O) groups is 1. The summed E-state index contributed by atoms with van der Waals surface area (Å²) in [5, 5.41) is 18.4. The average Bonchev–Trinajstić information content (AvgIpc) is 2.42. The molecule has 0 amide bonds. The fraction of sp³-hybridized carbons (Fsp3) is 0.500. The number of hydrogen-bond acceptors (Lipinski definition) is 4. The number of allylic oxidation sites excluding steroid dienone is 3. The van der Waals surface area contributed by atoms with Crippen LogP contribution in [0.1, 0.15) is 25.7 Å². The largest absolute Gasteiger partial charge is 0.481 e. The van der Waals surface area contributed by atoms with Crippen molar-refractivity contribution >= 4 is 11.8 Å². The van der Waals surface area contributed by atoms with Gasteiger partial charge in [0, 0.05) is 5.57 Å². The first-order chi connectivity index (χ1) is 9.13. The van der Waals surface area contributed by atoms with Gasteiger partial charge in [-0.3, -0.25) is 4.79 Å². The molecule has 1 rings (SSSR count). The van der Waals surface area contributed by atoms with Gasteiger partial charge in [0.25, 0.3) is 0 Å². The summed E-state index contributed by atoms with van der Waals surface area (Å²) in [5.41, 5.74) is 6.04. The van der Waals surface area contributed by atoms with Crippen molar-refractivity contribution in [2.24, 2.45) is 16.6 Å². The van der Waals surface area contributed by atoms with Crippen molar-refractivity contribution in [1.29, 1.82) is 0 Å². The summed E-state index contributed by atoms with van der Waals surface area (Å²) in [7, 11) is 0. The standard InChI is InChI=1S/C14H20N2O3/c15-9-3-1-2-4-13(17)16-10-11-5-7-12(8-6-11)14(18)19/h5-8,12-13,17H,1-4,9,15H2,(H,18,19). The molecule has 0 aromatic carbocycles. The fourth-order valence-corrected chi connectivity index (χ4v) is 1.64. The first-order valence-electron chi connectivity index (χ1n) is 6.43. The predicted octanol–water partition coefficient (Wildman–Crippen LogP) is 1.25. The van der Waals surface area contributed by atoms with Crippen LogP contribution in [0.4, 0.5) is 0 Å². The highest BCUT2D eigenvalue weighted by atomic mass is 16.4. The molecule has 0 saturated heterocycles. The lowest BCUT2D eigenvalue weighted by atomic mass is 10.0. The minimum Gasteiger partial charge on any atom is -0.481 e. The van der Waals surface area contributed by atoms with E-state index in [1.165, 1.54) is 0 Å². The molecule has 0 heterocycles. The Bertz CT molecular complexity index is 404. The second-order valence-corrected chi connectivity index (χ2v) is 4.40. The van der Waals surface area contributed by atoms with Crippen LogP contribution in [0.25, 0.3) is 0 Å². The van der Waals surface area contributed by atoms with Crippen LogP contribution in [0.5, 0.6) is 0 Å². The first-order valence-corrected chi connectivity index (χ1v) is 6.43. The number of nitrogens with two attached hydrogens (primary N) is 1. The topological polar surface area (TPSA) is 95.9 Å². The van der Waals surface area contributed by atoms with Crippen molar-refractivity contribution in [3.05, 3.63) is 29.9 Å². The smallest absolute Gasteiger partial charge is 0.314 e. The molecular formula is C14H20N2O3. The highest BCUT2D eigenvalue weighted by molar-refractivity contribution is 5.77. The summed E-state index contributed by atoms with van der Waals surface area (Å²) >= 11 is 0. The van der Waals surface area contributed by atoms with Gasteiger partial charge in [0.15, 0.2) is 6.23 Å². The summed E-state index contributed by atoms with van der Waals surface area (Å²) in [4.78, 5) is 14.6. The number of aliphatic carboxylic acids is 1. The second kappa shape index (κ2) is 8.43. The molecular weight excluding hydrogens is 244 g/mol. The molecule has 104 valence electrons. The molecule has 0 aliphatic heterocycles.